The largest absolute Gasteiger partial charge is 0.293 e. The Balaban J connectivity index is 1.18. The van der Waals surface area contributed by atoms with Crippen molar-refractivity contribution in [2.45, 2.75) is 39.5 Å². The van der Waals surface area contributed by atoms with Gasteiger partial charge in [0.15, 0.2) is 0 Å². The summed E-state index contributed by atoms with van der Waals surface area (Å²) in [6, 6.07) is 49.2. The third-order valence-corrected chi connectivity index (χ3v) is 12.5. The van der Waals surface area contributed by atoms with E-state index in [0.717, 1.165) is 37.3 Å². The first-order valence-corrected chi connectivity index (χ1v) is 19.8. The molecule has 4 aromatic heterocycles. The van der Waals surface area contributed by atoms with Crippen LogP contribution in [0.5, 0.6) is 0 Å². The van der Waals surface area contributed by atoms with Gasteiger partial charge < -0.3 is 0 Å². The molecule has 56 heavy (non-hydrogen) atoms. The standard InChI is InChI=1S/C52H38N4/c1-31-21-23-53-47(25-31)55-45-19-15-35(33-9-5-3-6-10-33)27-41(45)43-29-37-14-18-40-50-38(13-17-39(49(37)50)51(43)55)30-44-42-28-36(34-11-7-4-8-12-34)16-20-46(42)56(52(40)44)48-26-32(2)22-24-54-48/h3-12,15-16,19-30H,13-14,17-18H2,1-2H3. The second-order valence-corrected chi connectivity index (χ2v) is 15.8. The molecule has 2 aliphatic rings. The monoisotopic (exact) mass is 718 g/mol. The molecule has 0 unspecified atom stereocenters. The van der Waals surface area contributed by atoms with E-state index in [1.54, 1.807) is 0 Å². The molecule has 0 aliphatic heterocycles. The van der Waals surface area contributed by atoms with E-state index >= 15 is 0 Å². The van der Waals surface area contributed by atoms with Crippen LogP contribution < -0.4 is 0 Å². The first-order chi connectivity index (χ1) is 27.6. The lowest BCUT2D eigenvalue weighted by Gasteiger charge is -2.31. The summed E-state index contributed by atoms with van der Waals surface area (Å²) in [5.41, 5.74) is 21.1. The van der Waals surface area contributed by atoms with Crippen molar-refractivity contribution in [1.82, 2.24) is 19.1 Å². The SMILES string of the molecule is Cc1ccnc(-n2c3ccc(-c4ccccc4)cc3c3cc4c5c(c32)CCc2cc3c6cc(-c7ccccc7)ccc6n(-c6cc(C)ccn6)c3c(c2-5)CC4)c1. The molecule has 6 aromatic carbocycles. The number of aryl methyl sites for hydroxylation is 6. The smallest absolute Gasteiger partial charge is 0.137 e. The Labute approximate surface area is 325 Å². The zero-order chi connectivity index (χ0) is 37.1. The van der Waals surface area contributed by atoms with E-state index in [1.165, 1.54) is 110 Å². The van der Waals surface area contributed by atoms with Gasteiger partial charge in [-0.3, -0.25) is 9.13 Å². The minimum absolute atomic E-state index is 0.978. The number of hydrogen-bond donors (Lipinski definition) is 0. The Hall–Kier alpha value is -6.78. The topological polar surface area (TPSA) is 35.6 Å². The van der Waals surface area contributed by atoms with Crippen LogP contribution in [0.2, 0.25) is 0 Å². The van der Waals surface area contributed by atoms with Gasteiger partial charge >= 0.3 is 0 Å². The van der Waals surface area contributed by atoms with Crippen molar-refractivity contribution in [3.8, 4) is 45.0 Å². The van der Waals surface area contributed by atoms with Gasteiger partial charge in [-0.05, 0) is 167 Å². The van der Waals surface area contributed by atoms with E-state index in [2.05, 4.69) is 156 Å². The van der Waals surface area contributed by atoms with Crippen molar-refractivity contribution in [1.29, 1.82) is 0 Å². The van der Waals surface area contributed by atoms with Crippen LogP contribution in [-0.4, -0.2) is 19.1 Å². The molecule has 266 valence electrons. The molecule has 0 fully saturated rings. The fourth-order valence-corrected chi connectivity index (χ4v) is 10.0. The number of pyridine rings is 2. The van der Waals surface area contributed by atoms with Crippen LogP contribution in [0.4, 0.5) is 0 Å². The molecule has 4 heteroatoms. The van der Waals surface area contributed by atoms with Gasteiger partial charge in [0.25, 0.3) is 0 Å². The van der Waals surface area contributed by atoms with Crippen LogP contribution in [0, 0.1) is 13.8 Å². The fraction of sp³-hybridized carbons (Fsp3) is 0.115. The number of nitrogens with zero attached hydrogens (tertiary/aromatic N) is 4. The van der Waals surface area contributed by atoms with E-state index in [1.807, 2.05) is 12.4 Å². The molecule has 0 radical (unpaired) electrons. The van der Waals surface area contributed by atoms with Gasteiger partial charge in [-0.25, -0.2) is 9.97 Å². The summed E-state index contributed by atoms with van der Waals surface area (Å²) in [5, 5.41) is 5.23. The highest BCUT2D eigenvalue weighted by molar-refractivity contribution is 6.16. The molecule has 4 heterocycles. The Bertz CT molecular complexity index is 3040. The molecule has 0 spiro atoms. The highest BCUT2D eigenvalue weighted by Gasteiger charge is 2.33. The van der Waals surface area contributed by atoms with Crippen LogP contribution in [0.15, 0.2) is 146 Å². The van der Waals surface area contributed by atoms with Crippen LogP contribution in [0.25, 0.3) is 88.6 Å². The second-order valence-electron chi connectivity index (χ2n) is 15.8. The van der Waals surface area contributed by atoms with Crippen molar-refractivity contribution in [3.63, 3.8) is 0 Å². The van der Waals surface area contributed by atoms with Crippen molar-refractivity contribution in [3.05, 3.63) is 179 Å². The molecular weight excluding hydrogens is 681 g/mol. The summed E-state index contributed by atoms with van der Waals surface area (Å²) < 4.78 is 4.91. The molecule has 2 aliphatic carbocycles. The van der Waals surface area contributed by atoms with Gasteiger partial charge in [-0.1, -0.05) is 72.8 Å². The highest BCUT2D eigenvalue weighted by Crippen LogP contribution is 2.51. The number of rotatable bonds is 4. The fourth-order valence-electron chi connectivity index (χ4n) is 10.0. The summed E-state index contributed by atoms with van der Waals surface area (Å²) in [6.45, 7) is 4.33. The predicted molar refractivity (Wildman–Crippen MR) is 231 cm³/mol. The number of hydrogen-bond acceptors (Lipinski definition) is 2. The number of benzene rings is 6. The average Bonchev–Trinajstić information content (AvgIpc) is 3.75. The summed E-state index contributed by atoms with van der Waals surface area (Å²) in [7, 11) is 0. The summed E-state index contributed by atoms with van der Waals surface area (Å²) in [6.07, 6.45) is 7.87. The number of aromatic nitrogens is 4. The molecule has 12 rings (SSSR count). The maximum atomic E-state index is 5.01. The summed E-state index contributed by atoms with van der Waals surface area (Å²) >= 11 is 0. The van der Waals surface area contributed by atoms with Gasteiger partial charge in [0.2, 0.25) is 0 Å². The highest BCUT2D eigenvalue weighted by atomic mass is 15.1. The molecule has 0 amide bonds. The minimum Gasteiger partial charge on any atom is -0.293 e. The van der Waals surface area contributed by atoms with Crippen LogP contribution in [0.1, 0.15) is 33.4 Å². The lowest BCUT2D eigenvalue weighted by atomic mass is 9.74. The zero-order valence-corrected chi connectivity index (χ0v) is 31.5. The van der Waals surface area contributed by atoms with Gasteiger partial charge in [0.1, 0.15) is 11.6 Å². The third-order valence-electron chi connectivity index (χ3n) is 12.5. The second kappa shape index (κ2) is 11.9. The normalized spacial score (nSPS) is 13.2. The predicted octanol–water partition coefficient (Wildman–Crippen LogP) is 12.5. The molecule has 0 atom stereocenters. The first kappa shape index (κ1) is 31.6. The van der Waals surface area contributed by atoms with Gasteiger partial charge in [-0.2, -0.15) is 0 Å². The van der Waals surface area contributed by atoms with Crippen molar-refractivity contribution >= 4 is 43.6 Å². The lowest BCUT2D eigenvalue weighted by Crippen LogP contribution is -2.16. The van der Waals surface area contributed by atoms with Crippen molar-refractivity contribution < 1.29 is 0 Å². The molecular formula is C52H38N4. The van der Waals surface area contributed by atoms with Crippen LogP contribution in [-0.2, 0) is 25.7 Å². The van der Waals surface area contributed by atoms with Crippen LogP contribution in [0.3, 0.4) is 0 Å². The molecule has 0 bridgehead atoms. The first-order valence-electron chi connectivity index (χ1n) is 19.8. The molecule has 0 saturated heterocycles. The number of fused-ring (bicyclic) bond motifs is 8. The molecule has 0 saturated carbocycles. The van der Waals surface area contributed by atoms with E-state index in [4.69, 9.17) is 9.97 Å². The quantitative estimate of drug-likeness (QED) is 0.182. The van der Waals surface area contributed by atoms with E-state index in [0.29, 0.717) is 0 Å². The Kier molecular flexibility index (Phi) is 6.68. The maximum Gasteiger partial charge on any atom is 0.137 e. The third kappa shape index (κ3) is 4.53. The lowest BCUT2D eigenvalue weighted by molar-refractivity contribution is 0.881. The summed E-state index contributed by atoms with van der Waals surface area (Å²) in [4.78, 5) is 10.0. The zero-order valence-electron chi connectivity index (χ0n) is 31.5. The maximum absolute atomic E-state index is 5.01. The van der Waals surface area contributed by atoms with Crippen LogP contribution >= 0.6 is 0 Å². The Morgan fingerprint density at radius 3 is 1.29 bits per heavy atom. The van der Waals surface area contributed by atoms with Crippen molar-refractivity contribution in [2.24, 2.45) is 0 Å². The van der Waals surface area contributed by atoms with E-state index in [-0.39, 0.29) is 0 Å². The molecule has 10 aromatic rings. The van der Waals surface area contributed by atoms with Gasteiger partial charge in [-0.15, -0.1) is 0 Å². The van der Waals surface area contributed by atoms with Crippen molar-refractivity contribution in [2.75, 3.05) is 0 Å². The van der Waals surface area contributed by atoms with Gasteiger partial charge in [0, 0.05) is 33.9 Å². The van der Waals surface area contributed by atoms with E-state index in [9.17, 15) is 0 Å². The van der Waals surface area contributed by atoms with E-state index < -0.39 is 0 Å². The Morgan fingerprint density at radius 1 is 0.411 bits per heavy atom. The average molecular weight is 719 g/mol. The molecule has 0 N–H and O–H groups in total. The minimum atomic E-state index is 0.978. The van der Waals surface area contributed by atoms with Gasteiger partial charge in [0.05, 0.1) is 22.1 Å². The molecule has 4 nitrogen and oxygen atoms in total. The summed E-state index contributed by atoms with van der Waals surface area (Å²) in [5.74, 6) is 1.96. The Morgan fingerprint density at radius 2 is 0.857 bits per heavy atom.